The summed E-state index contributed by atoms with van der Waals surface area (Å²) in [4.78, 5) is 14.0. The third-order valence-corrected chi connectivity index (χ3v) is 4.56. The Hall–Kier alpha value is -0.430. The maximum atomic E-state index is 4.53. The highest BCUT2D eigenvalue weighted by molar-refractivity contribution is 14.1. The van der Waals surface area contributed by atoms with E-state index in [2.05, 4.69) is 42.4 Å². The topological polar surface area (TPSA) is 32.3 Å². The van der Waals surface area contributed by atoms with Crippen LogP contribution >= 0.6 is 22.6 Å². The zero-order valence-electron chi connectivity index (χ0n) is 9.85. The van der Waals surface area contributed by atoms with E-state index < -0.39 is 0 Å². The summed E-state index contributed by atoms with van der Waals surface area (Å²) in [7, 11) is 0. The Morgan fingerprint density at radius 3 is 2.82 bits per heavy atom. The van der Waals surface area contributed by atoms with Gasteiger partial charge >= 0.3 is 0 Å². The molecule has 2 fully saturated rings. The zero-order chi connectivity index (χ0) is 11.7. The van der Waals surface area contributed by atoms with Gasteiger partial charge in [-0.25, -0.2) is 9.97 Å². The van der Waals surface area contributed by atoms with Crippen molar-refractivity contribution in [2.24, 2.45) is 0 Å². The minimum absolute atomic E-state index is 0.660. The third-order valence-electron chi connectivity index (χ3n) is 3.80. The van der Waals surface area contributed by atoms with Crippen molar-refractivity contribution in [1.82, 2.24) is 14.9 Å². The van der Waals surface area contributed by atoms with Crippen LogP contribution in [0.3, 0.4) is 0 Å². The van der Waals surface area contributed by atoms with E-state index in [1.807, 2.05) is 6.20 Å². The molecule has 5 heteroatoms. The second-order valence-corrected chi connectivity index (χ2v) is 5.81. The first-order valence-corrected chi connectivity index (χ1v) is 7.38. The van der Waals surface area contributed by atoms with Gasteiger partial charge in [-0.2, -0.15) is 0 Å². The van der Waals surface area contributed by atoms with Gasteiger partial charge in [0.05, 0.1) is 0 Å². The summed E-state index contributed by atoms with van der Waals surface area (Å²) in [5, 5.41) is 0. The quantitative estimate of drug-likeness (QED) is 0.727. The number of anilines is 1. The number of fused-ring (bicyclic) bond motifs is 3. The number of nitrogens with zero attached hydrogens (tertiary/aromatic N) is 4. The fourth-order valence-electron chi connectivity index (χ4n) is 2.89. The van der Waals surface area contributed by atoms with Gasteiger partial charge in [-0.3, -0.25) is 0 Å². The molecule has 3 heterocycles. The lowest BCUT2D eigenvalue weighted by Gasteiger charge is -2.32. The van der Waals surface area contributed by atoms with Gasteiger partial charge in [-0.1, -0.05) is 0 Å². The number of rotatable bonds is 1. The summed E-state index contributed by atoms with van der Waals surface area (Å²) in [5.41, 5.74) is 0. The summed E-state index contributed by atoms with van der Waals surface area (Å²) < 4.78 is 1.03. The molecule has 0 N–H and O–H groups in total. The summed E-state index contributed by atoms with van der Waals surface area (Å²) in [6, 6.07) is 0.660. The Bertz CT molecular complexity index is 398. The molecule has 92 valence electrons. The molecular weight excluding hydrogens is 327 g/mol. The van der Waals surface area contributed by atoms with Crippen LogP contribution in [0, 0.1) is 3.70 Å². The van der Waals surface area contributed by atoms with Gasteiger partial charge in [0.25, 0.3) is 0 Å². The summed E-state index contributed by atoms with van der Waals surface area (Å²) in [6.45, 7) is 4.79. The predicted molar refractivity (Wildman–Crippen MR) is 76.2 cm³/mol. The van der Waals surface area contributed by atoms with E-state index in [0.717, 1.165) is 16.1 Å². The smallest absolute Gasteiger partial charge is 0.161 e. The molecular formula is C12H17IN4. The monoisotopic (exact) mass is 344 g/mol. The minimum Gasteiger partial charge on any atom is -0.350 e. The predicted octanol–water partition coefficient (Wildman–Crippen LogP) is 1.76. The average molecular weight is 344 g/mol. The second-order valence-electron chi connectivity index (χ2n) is 4.79. The first kappa shape index (κ1) is 11.6. The molecule has 2 saturated heterocycles. The highest BCUT2D eigenvalue weighted by Crippen LogP contribution is 2.27. The molecule has 3 rings (SSSR count). The standard InChI is InChI=1S/C12H17IN4/c13-11-12(15-5-4-14-11)17-9-8-16-6-1-2-10(17)3-7-16/h4-5,10H,1-3,6-9H2. The van der Waals surface area contributed by atoms with Crippen LogP contribution in [0.1, 0.15) is 19.3 Å². The molecule has 17 heavy (non-hydrogen) atoms. The maximum absolute atomic E-state index is 4.53. The zero-order valence-corrected chi connectivity index (χ0v) is 12.0. The van der Waals surface area contributed by atoms with Gasteiger partial charge in [0.2, 0.25) is 0 Å². The normalized spacial score (nSPS) is 28.9. The fourth-order valence-corrected chi connectivity index (χ4v) is 3.50. The van der Waals surface area contributed by atoms with Crippen molar-refractivity contribution in [1.29, 1.82) is 0 Å². The molecule has 0 aromatic carbocycles. The maximum Gasteiger partial charge on any atom is 0.161 e. The van der Waals surface area contributed by atoms with Crippen LogP contribution in [0.2, 0.25) is 0 Å². The number of hydrogen-bond acceptors (Lipinski definition) is 4. The van der Waals surface area contributed by atoms with Crippen LogP contribution in [-0.2, 0) is 0 Å². The van der Waals surface area contributed by atoms with Crippen LogP contribution in [-0.4, -0.2) is 47.1 Å². The van der Waals surface area contributed by atoms with Crippen molar-refractivity contribution < 1.29 is 0 Å². The first-order valence-electron chi connectivity index (χ1n) is 6.30. The first-order chi connectivity index (χ1) is 8.34. The van der Waals surface area contributed by atoms with Crippen molar-refractivity contribution in [2.75, 3.05) is 31.1 Å². The molecule has 0 spiro atoms. The second kappa shape index (κ2) is 5.06. The van der Waals surface area contributed by atoms with E-state index in [1.54, 1.807) is 6.20 Å². The molecule has 0 radical (unpaired) electrons. The molecule has 4 nitrogen and oxygen atoms in total. The van der Waals surface area contributed by atoms with Crippen molar-refractivity contribution in [2.45, 2.75) is 25.3 Å². The Kier molecular flexibility index (Phi) is 3.46. The summed E-state index contributed by atoms with van der Waals surface area (Å²) in [6.07, 6.45) is 7.47. The van der Waals surface area contributed by atoms with Gasteiger partial charge < -0.3 is 9.80 Å². The van der Waals surface area contributed by atoms with Gasteiger partial charge in [0.1, 0.15) is 3.70 Å². The van der Waals surface area contributed by atoms with Gasteiger partial charge in [0.15, 0.2) is 5.82 Å². The molecule has 1 aromatic heterocycles. The Morgan fingerprint density at radius 1 is 1.06 bits per heavy atom. The SMILES string of the molecule is Ic1nccnc1N1CCN2CCCC1CC2. The molecule has 2 unspecified atom stereocenters. The van der Waals surface area contributed by atoms with Crippen LogP contribution in [0.15, 0.2) is 12.4 Å². The van der Waals surface area contributed by atoms with Crippen LogP contribution in [0.4, 0.5) is 5.82 Å². The van der Waals surface area contributed by atoms with E-state index in [1.165, 1.54) is 38.9 Å². The largest absolute Gasteiger partial charge is 0.350 e. The number of aromatic nitrogens is 2. The van der Waals surface area contributed by atoms with Crippen LogP contribution in [0.5, 0.6) is 0 Å². The molecule has 0 aliphatic carbocycles. The molecule has 2 aliphatic heterocycles. The Morgan fingerprint density at radius 2 is 1.94 bits per heavy atom. The van der Waals surface area contributed by atoms with Crippen molar-refractivity contribution in [3.8, 4) is 0 Å². The molecule has 0 saturated carbocycles. The van der Waals surface area contributed by atoms with Crippen molar-refractivity contribution in [3.63, 3.8) is 0 Å². The van der Waals surface area contributed by atoms with Crippen molar-refractivity contribution >= 4 is 28.4 Å². The van der Waals surface area contributed by atoms with Crippen LogP contribution < -0.4 is 4.90 Å². The van der Waals surface area contributed by atoms with Gasteiger partial charge in [-0.15, -0.1) is 0 Å². The molecule has 2 atom stereocenters. The Balaban J connectivity index is 1.89. The molecule has 2 bridgehead atoms. The van der Waals surface area contributed by atoms with E-state index in [9.17, 15) is 0 Å². The van der Waals surface area contributed by atoms with E-state index >= 15 is 0 Å². The minimum atomic E-state index is 0.660. The molecule has 1 aromatic rings. The number of hydrogen-bond donors (Lipinski definition) is 0. The van der Waals surface area contributed by atoms with Gasteiger partial charge in [0, 0.05) is 38.1 Å². The lowest BCUT2D eigenvalue weighted by molar-refractivity contribution is 0.298. The highest BCUT2D eigenvalue weighted by Gasteiger charge is 2.28. The van der Waals surface area contributed by atoms with Crippen LogP contribution in [0.25, 0.3) is 0 Å². The van der Waals surface area contributed by atoms with Gasteiger partial charge in [-0.05, 0) is 48.4 Å². The molecule has 0 amide bonds. The molecule has 2 aliphatic rings. The summed E-state index contributed by atoms with van der Waals surface area (Å²) in [5.74, 6) is 1.09. The fraction of sp³-hybridized carbons (Fsp3) is 0.667. The average Bonchev–Trinajstić information content (AvgIpc) is 2.65. The van der Waals surface area contributed by atoms with E-state index in [0.29, 0.717) is 6.04 Å². The Labute approximate surface area is 116 Å². The van der Waals surface area contributed by atoms with E-state index in [-0.39, 0.29) is 0 Å². The lowest BCUT2D eigenvalue weighted by Crippen LogP contribution is -2.40. The highest BCUT2D eigenvalue weighted by atomic mass is 127. The summed E-state index contributed by atoms with van der Waals surface area (Å²) >= 11 is 2.30. The van der Waals surface area contributed by atoms with E-state index in [4.69, 9.17) is 0 Å². The lowest BCUT2D eigenvalue weighted by atomic mass is 10.1. The third kappa shape index (κ3) is 2.40. The number of halogens is 1. The van der Waals surface area contributed by atoms with Crippen molar-refractivity contribution in [3.05, 3.63) is 16.1 Å².